The van der Waals surface area contributed by atoms with Crippen LogP contribution in [0.3, 0.4) is 0 Å². The minimum absolute atomic E-state index is 0. The van der Waals surface area contributed by atoms with Crippen molar-refractivity contribution in [2.75, 3.05) is 60.2 Å². The summed E-state index contributed by atoms with van der Waals surface area (Å²) in [6.07, 6.45) is 0.960. The maximum atomic E-state index is 5.52. The second-order valence-electron chi connectivity index (χ2n) is 6.30. The summed E-state index contributed by atoms with van der Waals surface area (Å²) in [5, 5.41) is 6.81. The van der Waals surface area contributed by atoms with Gasteiger partial charge < -0.3 is 20.1 Å². The zero-order chi connectivity index (χ0) is 17.9. The van der Waals surface area contributed by atoms with E-state index in [1.54, 1.807) is 14.2 Å². The van der Waals surface area contributed by atoms with Crippen LogP contribution in [0.25, 0.3) is 0 Å². The van der Waals surface area contributed by atoms with Crippen molar-refractivity contribution in [3.05, 3.63) is 35.4 Å². The number of aliphatic imine (C=N–C) groups is 1. The molecule has 2 rings (SSSR count). The second-order valence-corrected chi connectivity index (χ2v) is 6.30. The van der Waals surface area contributed by atoms with Crippen LogP contribution in [0.1, 0.15) is 23.6 Å². The Morgan fingerprint density at radius 2 is 1.92 bits per heavy atom. The van der Waals surface area contributed by atoms with Crippen LogP contribution in [-0.4, -0.2) is 71.0 Å². The number of nitrogens with zero attached hydrogens (tertiary/aromatic N) is 2. The molecule has 2 N–H and O–H groups in total. The van der Waals surface area contributed by atoms with Crippen LogP contribution >= 0.6 is 24.0 Å². The zero-order valence-electron chi connectivity index (χ0n) is 16.2. The quantitative estimate of drug-likeness (QED) is 0.261. The van der Waals surface area contributed by atoms with E-state index in [9.17, 15) is 0 Å². The van der Waals surface area contributed by atoms with E-state index >= 15 is 0 Å². The van der Waals surface area contributed by atoms with Gasteiger partial charge in [0.1, 0.15) is 0 Å². The lowest BCUT2D eigenvalue weighted by Crippen LogP contribution is -2.46. The number of hydrogen-bond acceptors (Lipinski definition) is 4. The molecule has 26 heavy (non-hydrogen) atoms. The number of hydrogen-bond donors (Lipinski definition) is 2. The molecule has 0 aromatic heterocycles. The van der Waals surface area contributed by atoms with E-state index in [4.69, 9.17) is 9.47 Å². The van der Waals surface area contributed by atoms with Gasteiger partial charge in [0.2, 0.25) is 0 Å². The van der Waals surface area contributed by atoms with Crippen LogP contribution in [0.15, 0.2) is 29.3 Å². The van der Waals surface area contributed by atoms with Crippen LogP contribution in [0, 0.1) is 6.92 Å². The topological polar surface area (TPSA) is 58.1 Å². The Morgan fingerprint density at radius 3 is 2.54 bits per heavy atom. The van der Waals surface area contributed by atoms with Crippen molar-refractivity contribution >= 4 is 29.9 Å². The van der Waals surface area contributed by atoms with E-state index in [-0.39, 0.29) is 24.0 Å². The number of aryl methyl sites for hydroxylation is 1. The first-order valence-corrected chi connectivity index (χ1v) is 9.06. The van der Waals surface area contributed by atoms with Gasteiger partial charge >= 0.3 is 0 Å². The molecule has 1 saturated heterocycles. The number of methoxy groups -OCH3 is 1. The van der Waals surface area contributed by atoms with Gasteiger partial charge in [0.15, 0.2) is 5.96 Å². The Bertz CT molecular complexity index is 519. The average Bonchev–Trinajstić information content (AvgIpc) is 2.66. The summed E-state index contributed by atoms with van der Waals surface area (Å²) in [4.78, 5) is 6.81. The summed E-state index contributed by atoms with van der Waals surface area (Å²) in [6.45, 7) is 8.05. The van der Waals surface area contributed by atoms with Gasteiger partial charge in [-0.15, -0.1) is 24.0 Å². The summed E-state index contributed by atoms with van der Waals surface area (Å²) >= 11 is 0. The molecular weight excluding hydrogens is 443 g/mol. The fourth-order valence-electron chi connectivity index (χ4n) is 2.97. The lowest BCUT2D eigenvalue weighted by Gasteiger charge is -2.35. The molecule has 1 aliphatic heterocycles. The predicted molar refractivity (Wildman–Crippen MR) is 118 cm³/mol. The van der Waals surface area contributed by atoms with Gasteiger partial charge in [-0.25, -0.2) is 0 Å². The van der Waals surface area contributed by atoms with Crippen molar-refractivity contribution in [1.29, 1.82) is 0 Å². The predicted octanol–water partition coefficient (Wildman–Crippen LogP) is 2.19. The molecule has 0 aliphatic carbocycles. The van der Waals surface area contributed by atoms with Crippen LogP contribution < -0.4 is 10.6 Å². The first-order valence-electron chi connectivity index (χ1n) is 9.06. The minimum atomic E-state index is 0. The molecule has 7 heteroatoms. The molecule has 0 spiro atoms. The third kappa shape index (κ3) is 7.77. The molecular formula is C19H33IN4O2. The lowest BCUT2D eigenvalue weighted by molar-refractivity contribution is 0.0170. The highest BCUT2D eigenvalue weighted by Crippen LogP contribution is 2.21. The molecule has 6 nitrogen and oxygen atoms in total. The SMILES string of the molecule is CN=C(NCCCOC)NCC(c1ccc(C)cc1)N1CCOCC1.I. The summed E-state index contributed by atoms with van der Waals surface area (Å²) in [5.41, 5.74) is 2.61. The van der Waals surface area contributed by atoms with E-state index in [1.807, 2.05) is 0 Å². The normalized spacial score (nSPS) is 16.7. The molecule has 1 aromatic rings. The van der Waals surface area contributed by atoms with Gasteiger partial charge in [0, 0.05) is 46.9 Å². The standard InChI is InChI=1S/C19H32N4O2.HI/c1-16-5-7-17(8-6-16)18(23-10-13-25-14-11-23)15-22-19(20-2)21-9-4-12-24-3;/h5-8,18H,4,9-15H2,1-3H3,(H2,20,21,22);1H. The summed E-state index contributed by atoms with van der Waals surface area (Å²) in [7, 11) is 3.53. The second kappa shape index (κ2) is 13.3. The first kappa shape index (κ1) is 23.1. The third-order valence-corrected chi connectivity index (χ3v) is 4.45. The van der Waals surface area contributed by atoms with Gasteiger partial charge in [-0.05, 0) is 18.9 Å². The smallest absolute Gasteiger partial charge is 0.191 e. The number of benzene rings is 1. The van der Waals surface area contributed by atoms with Crippen molar-refractivity contribution in [2.45, 2.75) is 19.4 Å². The zero-order valence-corrected chi connectivity index (χ0v) is 18.5. The molecule has 1 atom stereocenters. The van der Waals surface area contributed by atoms with Crippen LogP contribution in [0.4, 0.5) is 0 Å². The molecule has 1 heterocycles. The molecule has 1 aromatic carbocycles. The first-order chi connectivity index (χ1) is 12.2. The maximum Gasteiger partial charge on any atom is 0.191 e. The van der Waals surface area contributed by atoms with E-state index in [1.165, 1.54) is 11.1 Å². The Labute approximate surface area is 174 Å². The number of rotatable bonds is 8. The maximum absolute atomic E-state index is 5.52. The monoisotopic (exact) mass is 476 g/mol. The molecule has 0 bridgehead atoms. The Kier molecular flexibility index (Phi) is 11.8. The summed E-state index contributed by atoms with van der Waals surface area (Å²) in [5.74, 6) is 0.835. The van der Waals surface area contributed by atoms with E-state index < -0.39 is 0 Å². The average molecular weight is 476 g/mol. The molecule has 0 amide bonds. The minimum Gasteiger partial charge on any atom is -0.385 e. The van der Waals surface area contributed by atoms with Gasteiger partial charge in [-0.3, -0.25) is 9.89 Å². The van der Waals surface area contributed by atoms with Crippen LogP contribution in [0.5, 0.6) is 0 Å². The Hall–Kier alpha value is -0.900. The fraction of sp³-hybridized carbons (Fsp3) is 0.632. The lowest BCUT2D eigenvalue weighted by atomic mass is 10.0. The largest absolute Gasteiger partial charge is 0.385 e. The Balaban J connectivity index is 0.00000338. The van der Waals surface area contributed by atoms with Crippen molar-refractivity contribution in [1.82, 2.24) is 15.5 Å². The molecule has 0 saturated carbocycles. The van der Waals surface area contributed by atoms with Crippen LogP contribution in [-0.2, 0) is 9.47 Å². The van der Waals surface area contributed by atoms with E-state index in [0.29, 0.717) is 6.04 Å². The van der Waals surface area contributed by atoms with Crippen molar-refractivity contribution in [2.24, 2.45) is 4.99 Å². The fourth-order valence-corrected chi connectivity index (χ4v) is 2.97. The van der Waals surface area contributed by atoms with Crippen molar-refractivity contribution in [3.8, 4) is 0 Å². The number of halogens is 1. The highest BCUT2D eigenvalue weighted by atomic mass is 127. The number of nitrogens with one attached hydrogen (secondary N) is 2. The van der Waals surface area contributed by atoms with Crippen molar-refractivity contribution < 1.29 is 9.47 Å². The number of morpholine rings is 1. The molecule has 0 radical (unpaired) electrons. The molecule has 148 valence electrons. The van der Waals surface area contributed by atoms with E-state index in [2.05, 4.69) is 51.7 Å². The number of guanidine groups is 1. The van der Waals surface area contributed by atoms with Crippen LogP contribution in [0.2, 0.25) is 0 Å². The summed E-state index contributed by atoms with van der Waals surface area (Å²) < 4.78 is 10.6. The summed E-state index contributed by atoms with van der Waals surface area (Å²) in [6, 6.07) is 9.13. The Morgan fingerprint density at radius 1 is 1.23 bits per heavy atom. The highest BCUT2D eigenvalue weighted by Gasteiger charge is 2.22. The molecule has 1 unspecified atom stereocenters. The third-order valence-electron chi connectivity index (χ3n) is 4.45. The highest BCUT2D eigenvalue weighted by molar-refractivity contribution is 14.0. The van der Waals surface area contributed by atoms with Crippen molar-refractivity contribution in [3.63, 3.8) is 0 Å². The van der Waals surface area contributed by atoms with Gasteiger partial charge in [-0.2, -0.15) is 0 Å². The van der Waals surface area contributed by atoms with E-state index in [0.717, 1.165) is 58.4 Å². The molecule has 1 aliphatic rings. The van der Waals surface area contributed by atoms with Gasteiger partial charge in [-0.1, -0.05) is 29.8 Å². The van der Waals surface area contributed by atoms with Gasteiger partial charge in [0.05, 0.1) is 19.3 Å². The van der Waals surface area contributed by atoms with Gasteiger partial charge in [0.25, 0.3) is 0 Å². The number of ether oxygens (including phenoxy) is 2. The molecule has 1 fully saturated rings.